The van der Waals surface area contributed by atoms with Gasteiger partial charge in [0, 0.05) is 38.3 Å². The molecule has 2 aliphatic heterocycles. The first-order valence-corrected chi connectivity index (χ1v) is 12.1. The van der Waals surface area contributed by atoms with E-state index >= 15 is 0 Å². The van der Waals surface area contributed by atoms with Gasteiger partial charge < -0.3 is 14.9 Å². The van der Waals surface area contributed by atoms with E-state index < -0.39 is 49.0 Å². The highest BCUT2D eigenvalue weighted by Crippen LogP contribution is 2.40. The Bertz CT molecular complexity index is 1430. The molecule has 0 bridgehead atoms. The van der Waals surface area contributed by atoms with Gasteiger partial charge >= 0.3 is 12.3 Å². The van der Waals surface area contributed by atoms with Gasteiger partial charge in [-0.15, -0.1) is 0 Å². The number of amides is 3. The summed E-state index contributed by atoms with van der Waals surface area (Å²) < 4.78 is 44.2. The molecular weight excluding hydrogens is 529 g/mol. The number of rotatable bonds is 4. The van der Waals surface area contributed by atoms with Gasteiger partial charge in [0.25, 0.3) is 0 Å². The quantitative estimate of drug-likeness (QED) is 0.521. The molecule has 0 aliphatic carbocycles. The van der Waals surface area contributed by atoms with Crippen LogP contribution >= 0.6 is 11.6 Å². The number of carbonyl (C=O) groups excluding carboxylic acids is 2. The van der Waals surface area contributed by atoms with Crippen LogP contribution in [0.15, 0.2) is 36.5 Å². The van der Waals surface area contributed by atoms with E-state index in [-0.39, 0.29) is 5.56 Å². The fourth-order valence-electron chi connectivity index (χ4n) is 5.14. The van der Waals surface area contributed by atoms with Gasteiger partial charge in [0.1, 0.15) is 0 Å². The number of carboxylic acid groups (broad SMARTS) is 1. The summed E-state index contributed by atoms with van der Waals surface area (Å²) in [7, 11) is 1.01. The van der Waals surface area contributed by atoms with Crippen LogP contribution in [0.5, 0.6) is 0 Å². The summed E-state index contributed by atoms with van der Waals surface area (Å²) in [5, 5.41) is 13.7. The molecule has 2 aromatic heterocycles. The molecule has 0 radical (unpaired) electrons. The molecule has 1 N–H and O–H groups in total. The maximum absolute atomic E-state index is 14.2. The number of likely N-dealkylation sites (tertiary alicyclic amines) is 1. The number of carbonyl (C=O) groups is 3. The summed E-state index contributed by atoms with van der Waals surface area (Å²) in [6.45, 7) is 0.142. The topological polar surface area (TPSA) is 111 Å². The van der Waals surface area contributed by atoms with E-state index in [1.165, 1.54) is 12.1 Å². The SMILES string of the molecule is CN(C(=O)[C@H]1CC(=O)N(C(=O)O)C1)[C@@H](c1ccc(N2CCCc3c2cnc2cc(Cl)nn32)cc1)C(F)(F)F. The van der Waals surface area contributed by atoms with Crippen LogP contribution in [0.3, 0.4) is 0 Å². The van der Waals surface area contributed by atoms with E-state index in [4.69, 9.17) is 16.7 Å². The lowest BCUT2D eigenvalue weighted by molar-refractivity contribution is -0.190. The Morgan fingerprint density at radius 1 is 1.24 bits per heavy atom. The second kappa shape index (κ2) is 9.46. The maximum atomic E-state index is 14.2. The fraction of sp³-hybridized carbons (Fsp3) is 0.375. The Hall–Kier alpha value is -3.87. The van der Waals surface area contributed by atoms with Gasteiger partial charge in [-0.2, -0.15) is 18.3 Å². The lowest BCUT2D eigenvalue weighted by atomic mass is 10.0. The summed E-state index contributed by atoms with van der Waals surface area (Å²) >= 11 is 6.03. The molecule has 3 amide bonds. The predicted octanol–water partition coefficient (Wildman–Crippen LogP) is 4.06. The predicted molar refractivity (Wildman–Crippen MR) is 129 cm³/mol. The van der Waals surface area contributed by atoms with Crippen LogP contribution < -0.4 is 4.90 Å². The molecule has 3 aromatic rings. The highest BCUT2D eigenvalue weighted by molar-refractivity contribution is 6.29. The minimum Gasteiger partial charge on any atom is -0.465 e. The molecule has 2 aliphatic rings. The fourth-order valence-corrected chi connectivity index (χ4v) is 5.31. The van der Waals surface area contributed by atoms with Crippen LogP contribution in [-0.4, -0.2) is 73.7 Å². The molecule has 1 fully saturated rings. The van der Waals surface area contributed by atoms with E-state index in [2.05, 4.69) is 10.1 Å². The number of imide groups is 1. The summed E-state index contributed by atoms with van der Waals surface area (Å²) in [4.78, 5) is 43.2. The molecule has 2 atom stereocenters. The first-order chi connectivity index (χ1) is 18.0. The van der Waals surface area contributed by atoms with E-state index in [0.29, 0.717) is 32.8 Å². The number of nitrogens with zero attached hydrogens (tertiary/aromatic N) is 6. The standard InChI is InChI=1S/C24H22ClF3N6O4/c1-31(22(36)14-9-20(35)33(12-14)23(37)38)21(24(26,27)28)13-4-6-15(7-5-13)32-8-2-3-16-17(32)11-29-19-10-18(25)30-34(16)19/h4-7,10-11,14,21H,2-3,8-9,12H2,1H3,(H,37,38)/t14-,21-/m0/s1. The van der Waals surface area contributed by atoms with E-state index in [1.54, 1.807) is 28.9 Å². The van der Waals surface area contributed by atoms with Crippen molar-refractivity contribution in [2.75, 3.05) is 25.0 Å². The zero-order chi connectivity index (χ0) is 27.4. The molecule has 10 nitrogen and oxygen atoms in total. The molecule has 0 saturated carbocycles. The summed E-state index contributed by atoms with van der Waals surface area (Å²) in [6.07, 6.45) is -3.62. The van der Waals surface area contributed by atoms with Crippen LogP contribution in [0.1, 0.15) is 30.1 Å². The monoisotopic (exact) mass is 550 g/mol. The van der Waals surface area contributed by atoms with Gasteiger partial charge in [0.05, 0.1) is 23.5 Å². The number of fused-ring (bicyclic) bond motifs is 3. The van der Waals surface area contributed by atoms with Crippen molar-refractivity contribution >= 4 is 46.5 Å². The highest BCUT2D eigenvalue weighted by Gasteiger charge is 2.48. The number of alkyl halides is 3. The normalized spacial score (nSPS) is 18.6. The van der Waals surface area contributed by atoms with Gasteiger partial charge in [0.15, 0.2) is 16.8 Å². The average Bonchev–Trinajstić information content (AvgIpc) is 3.45. The van der Waals surface area contributed by atoms with Crippen molar-refractivity contribution in [1.82, 2.24) is 24.4 Å². The van der Waals surface area contributed by atoms with Crippen molar-refractivity contribution in [1.29, 1.82) is 0 Å². The van der Waals surface area contributed by atoms with Gasteiger partial charge in [0.2, 0.25) is 11.8 Å². The zero-order valence-corrected chi connectivity index (χ0v) is 20.8. The Kier molecular flexibility index (Phi) is 6.41. The van der Waals surface area contributed by atoms with Crippen LogP contribution in [-0.2, 0) is 16.0 Å². The number of hydrogen-bond acceptors (Lipinski definition) is 6. The van der Waals surface area contributed by atoms with Gasteiger partial charge in [-0.1, -0.05) is 23.7 Å². The molecule has 5 rings (SSSR count). The van der Waals surface area contributed by atoms with E-state index in [1.807, 2.05) is 4.90 Å². The van der Waals surface area contributed by atoms with Crippen LogP contribution in [0.4, 0.5) is 29.3 Å². The molecule has 200 valence electrons. The number of aromatic nitrogens is 3. The number of aryl methyl sites for hydroxylation is 1. The molecule has 1 aromatic carbocycles. The minimum atomic E-state index is -4.81. The summed E-state index contributed by atoms with van der Waals surface area (Å²) in [5.41, 5.74) is 2.73. The molecular formula is C24H22ClF3N6O4. The van der Waals surface area contributed by atoms with Crippen molar-refractivity contribution in [3.63, 3.8) is 0 Å². The van der Waals surface area contributed by atoms with Gasteiger partial charge in [-0.3, -0.25) is 9.59 Å². The molecule has 14 heteroatoms. The third kappa shape index (κ3) is 4.51. The Morgan fingerprint density at radius 2 is 1.95 bits per heavy atom. The van der Waals surface area contributed by atoms with E-state index in [9.17, 15) is 27.6 Å². The molecule has 38 heavy (non-hydrogen) atoms. The second-order valence-corrected chi connectivity index (χ2v) is 9.64. The van der Waals surface area contributed by atoms with Crippen molar-refractivity contribution in [3.05, 3.63) is 52.9 Å². The molecule has 1 saturated heterocycles. The number of halogens is 4. The van der Waals surface area contributed by atoms with Crippen molar-refractivity contribution in [2.24, 2.45) is 5.92 Å². The second-order valence-electron chi connectivity index (χ2n) is 9.26. The van der Waals surface area contributed by atoms with Crippen molar-refractivity contribution in [3.8, 4) is 0 Å². The number of anilines is 2. The first-order valence-electron chi connectivity index (χ1n) is 11.7. The van der Waals surface area contributed by atoms with E-state index in [0.717, 1.165) is 31.3 Å². The third-order valence-electron chi connectivity index (χ3n) is 6.89. The largest absolute Gasteiger partial charge is 0.465 e. The summed E-state index contributed by atoms with van der Waals surface area (Å²) in [5.74, 6) is -2.95. The van der Waals surface area contributed by atoms with Crippen molar-refractivity contribution < 1.29 is 32.7 Å². The maximum Gasteiger partial charge on any atom is 0.414 e. The lowest BCUT2D eigenvalue weighted by Gasteiger charge is -2.33. The number of benzene rings is 1. The average molecular weight is 551 g/mol. The molecule has 0 spiro atoms. The zero-order valence-electron chi connectivity index (χ0n) is 20.0. The Morgan fingerprint density at radius 3 is 2.58 bits per heavy atom. The van der Waals surface area contributed by atoms with Gasteiger partial charge in [-0.25, -0.2) is 19.2 Å². The Balaban J connectivity index is 1.41. The van der Waals surface area contributed by atoms with Crippen LogP contribution in [0.2, 0.25) is 5.15 Å². The van der Waals surface area contributed by atoms with Crippen molar-refractivity contribution in [2.45, 2.75) is 31.5 Å². The Labute approximate surface area is 219 Å². The smallest absolute Gasteiger partial charge is 0.414 e. The van der Waals surface area contributed by atoms with Crippen LogP contribution in [0, 0.1) is 5.92 Å². The van der Waals surface area contributed by atoms with Gasteiger partial charge in [-0.05, 0) is 30.5 Å². The lowest BCUT2D eigenvalue weighted by Crippen LogP contribution is -2.43. The third-order valence-corrected chi connectivity index (χ3v) is 7.07. The molecule has 0 unspecified atom stereocenters. The highest BCUT2D eigenvalue weighted by atomic mass is 35.5. The first kappa shape index (κ1) is 25.8. The van der Waals surface area contributed by atoms with Crippen LogP contribution in [0.25, 0.3) is 5.65 Å². The number of hydrogen-bond donors (Lipinski definition) is 1. The summed E-state index contributed by atoms with van der Waals surface area (Å²) in [6, 6.07) is 5.09. The minimum absolute atomic E-state index is 0.166. The molecule has 4 heterocycles.